The molecule has 66 valence electrons. The first-order valence-corrected chi connectivity index (χ1v) is 3.53. The summed E-state index contributed by atoms with van der Waals surface area (Å²) in [6, 6.07) is 0. The van der Waals surface area contributed by atoms with Gasteiger partial charge < -0.3 is 15.4 Å². The first kappa shape index (κ1) is 8.73. The van der Waals surface area contributed by atoms with Crippen LogP contribution in [0.4, 0.5) is 0 Å². The number of aromatic nitrogens is 2. The molecule has 0 aliphatic rings. The van der Waals surface area contributed by atoms with Crippen LogP contribution in [0.2, 0.25) is 0 Å². The third kappa shape index (κ3) is 1.31. The van der Waals surface area contributed by atoms with Crippen molar-refractivity contribution in [3.63, 3.8) is 0 Å². The van der Waals surface area contributed by atoms with E-state index in [0.717, 1.165) is 0 Å². The molecule has 0 bridgehead atoms. The van der Waals surface area contributed by atoms with Crippen molar-refractivity contribution in [3.05, 3.63) is 17.7 Å². The minimum absolute atomic E-state index is 0.158. The molecule has 1 aromatic rings. The van der Waals surface area contributed by atoms with Crippen molar-refractivity contribution in [3.8, 4) is 0 Å². The van der Waals surface area contributed by atoms with Gasteiger partial charge in [-0.15, -0.1) is 0 Å². The highest BCUT2D eigenvalue weighted by Gasteiger charge is 2.13. The minimum Gasteiger partial charge on any atom is -0.387 e. The van der Waals surface area contributed by atoms with E-state index >= 15 is 0 Å². The molecule has 1 heterocycles. The zero-order chi connectivity index (χ0) is 9.30. The molecule has 0 fully saturated rings. The number of hydrogen-bond donors (Lipinski definition) is 2. The smallest absolute Gasteiger partial charge is 0.284 e. The van der Waals surface area contributed by atoms with E-state index in [4.69, 9.17) is 5.73 Å². The Balaban J connectivity index is 3.13. The lowest BCUT2D eigenvalue weighted by Gasteiger charge is -2.05. The number of nitrogens with two attached hydrogens (primary N) is 1. The van der Waals surface area contributed by atoms with Crippen molar-refractivity contribution in [2.24, 2.45) is 12.8 Å². The van der Waals surface area contributed by atoms with Crippen molar-refractivity contribution in [1.82, 2.24) is 9.55 Å². The summed E-state index contributed by atoms with van der Waals surface area (Å²) in [6.07, 6.45) is 0.792. The maximum atomic E-state index is 10.7. The van der Waals surface area contributed by atoms with Gasteiger partial charge >= 0.3 is 0 Å². The molecule has 1 amide bonds. The molecule has 1 atom stereocenters. The summed E-state index contributed by atoms with van der Waals surface area (Å²) >= 11 is 0. The molecule has 5 heteroatoms. The van der Waals surface area contributed by atoms with Crippen molar-refractivity contribution in [2.75, 3.05) is 0 Å². The molecule has 3 N–H and O–H groups in total. The number of aliphatic hydroxyl groups is 1. The van der Waals surface area contributed by atoms with E-state index in [1.165, 1.54) is 10.8 Å². The van der Waals surface area contributed by atoms with E-state index in [0.29, 0.717) is 5.69 Å². The predicted octanol–water partition coefficient (Wildman–Crippen LogP) is -0.428. The van der Waals surface area contributed by atoms with Gasteiger partial charge in [0.15, 0.2) is 5.82 Å². The Morgan fingerprint density at radius 1 is 1.83 bits per heavy atom. The van der Waals surface area contributed by atoms with Gasteiger partial charge in [0.2, 0.25) is 0 Å². The molecule has 0 spiro atoms. The number of amides is 1. The molecule has 0 aliphatic heterocycles. The fraction of sp³-hybridized carbons (Fsp3) is 0.429. The van der Waals surface area contributed by atoms with Crippen LogP contribution in [0, 0.1) is 0 Å². The summed E-state index contributed by atoms with van der Waals surface area (Å²) in [4.78, 5) is 14.5. The van der Waals surface area contributed by atoms with Crippen molar-refractivity contribution >= 4 is 5.91 Å². The third-order valence-corrected chi connectivity index (χ3v) is 1.67. The first-order chi connectivity index (χ1) is 5.54. The molecule has 0 aliphatic carbocycles. The van der Waals surface area contributed by atoms with E-state index in [1.807, 2.05) is 0 Å². The van der Waals surface area contributed by atoms with E-state index < -0.39 is 12.0 Å². The molecule has 1 rings (SSSR count). The second kappa shape index (κ2) is 2.94. The topological polar surface area (TPSA) is 81.1 Å². The third-order valence-electron chi connectivity index (χ3n) is 1.67. The SMILES string of the molecule is CC(O)c1cnc(C(N)=O)n1C. The summed E-state index contributed by atoms with van der Waals surface area (Å²) < 4.78 is 1.48. The van der Waals surface area contributed by atoms with Crippen molar-refractivity contribution in [2.45, 2.75) is 13.0 Å². The highest BCUT2D eigenvalue weighted by Crippen LogP contribution is 2.11. The fourth-order valence-electron chi connectivity index (χ4n) is 1.04. The maximum Gasteiger partial charge on any atom is 0.284 e. The molecule has 1 aromatic heterocycles. The second-order valence-corrected chi connectivity index (χ2v) is 2.61. The zero-order valence-corrected chi connectivity index (χ0v) is 6.98. The van der Waals surface area contributed by atoms with Gasteiger partial charge in [0.05, 0.1) is 18.0 Å². The fourth-order valence-corrected chi connectivity index (χ4v) is 1.04. The molecule has 12 heavy (non-hydrogen) atoms. The molecule has 0 saturated heterocycles. The van der Waals surface area contributed by atoms with E-state index in [9.17, 15) is 9.90 Å². The number of aliphatic hydroxyl groups excluding tert-OH is 1. The summed E-state index contributed by atoms with van der Waals surface area (Å²) in [7, 11) is 1.63. The van der Waals surface area contributed by atoms with Gasteiger partial charge in [-0.2, -0.15) is 0 Å². The number of primary amides is 1. The largest absolute Gasteiger partial charge is 0.387 e. The summed E-state index contributed by atoms with van der Waals surface area (Å²) in [5.74, 6) is -0.435. The Morgan fingerprint density at radius 2 is 2.42 bits per heavy atom. The first-order valence-electron chi connectivity index (χ1n) is 3.53. The van der Waals surface area contributed by atoms with Crippen LogP contribution in [-0.2, 0) is 7.05 Å². The lowest BCUT2D eigenvalue weighted by Crippen LogP contribution is -2.17. The number of imidazole rings is 1. The maximum absolute atomic E-state index is 10.7. The monoisotopic (exact) mass is 169 g/mol. The Bertz CT molecular complexity index is 304. The summed E-state index contributed by atoms with van der Waals surface area (Å²) in [6.45, 7) is 1.60. The molecular formula is C7H11N3O2. The van der Waals surface area contributed by atoms with Crippen LogP contribution >= 0.6 is 0 Å². The minimum atomic E-state index is -0.643. The van der Waals surface area contributed by atoms with Gasteiger partial charge in [-0.1, -0.05) is 0 Å². The number of carbonyl (C=O) groups excluding carboxylic acids is 1. The van der Waals surface area contributed by atoms with Gasteiger partial charge in [0.1, 0.15) is 0 Å². The van der Waals surface area contributed by atoms with E-state index in [2.05, 4.69) is 4.98 Å². The summed E-state index contributed by atoms with van der Waals surface area (Å²) in [5.41, 5.74) is 5.60. The van der Waals surface area contributed by atoms with Gasteiger partial charge in [0, 0.05) is 7.05 Å². The van der Waals surface area contributed by atoms with Gasteiger partial charge in [-0.25, -0.2) is 4.98 Å². The molecule has 1 unspecified atom stereocenters. The lowest BCUT2D eigenvalue weighted by atomic mass is 10.3. The van der Waals surface area contributed by atoms with Crippen LogP contribution in [0.5, 0.6) is 0 Å². The molecule has 0 saturated carbocycles. The normalized spacial score (nSPS) is 12.9. The number of rotatable bonds is 2. The second-order valence-electron chi connectivity index (χ2n) is 2.61. The number of nitrogens with zero attached hydrogens (tertiary/aromatic N) is 2. The van der Waals surface area contributed by atoms with Crippen molar-refractivity contribution in [1.29, 1.82) is 0 Å². The number of hydrogen-bond acceptors (Lipinski definition) is 3. The standard InChI is InChI=1S/C7H11N3O2/c1-4(11)5-3-9-7(6(8)12)10(5)2/h3-4,11H,1-2H3,(H2,8,12). The Kier molecular flexibility index (Phi) is 2.14. The molecule has 0 aromatic carbocycles. The van der Waals surface area contributed by atoms with Gasteiger partial charge in [0.25, 0.3) is 5.91 Å². The lowest BCUT2D eigenvalue weighted by molar-refractivity contribution is 0.0986. The van der Waals surface area contributed by atoms with Crippen molar-refractivity contribution < 1.29 is 9.90 Å². The van der Waals surface area contributed by atoms with E-state index in [-0.39, 0.29) is 5.82 Å². The Labute approximate surface area is 69.8 Å². The highest BCUT2D eigenvalue weighted by atomic mass is 16.3. The van der Waals surface area contributed by atoms with Crippen LogP contribution in [0.1, 0.15) is 29.3 Å². The van der Waals surface area contributed by atoms with Crippen LogP contribution in [0.15, 0.2) is 6.20 Å². The Hall–Kier alpha value is -1.36. The predicted molar refractivity (Wildman–Crippen MR) is 42.4 cm³/mol. The highest BCUT2D eigenvalue weighted by molar-refractivity contribution is 5.89. The average Bonchev–Trinajstić information content (AvgIpc) is 2.30. The summed E-state index contributed by atoms with van der Waals surface area (Å²) in [5, 5.41) is 9.19. The zero-order valence-electron chi connectivity index (χ0n) is 6.98. The van der Waals surface area contributed by atoms with Gasteiger partial charge in [-0.05, 0) is 6.92 Å². The van der Waals surface area contributed by atoms with E-state index in [1.54, 1.807) is 14.0 Å². The van der Waals surface area contributed by atoms with Crippen LogP contribution < -0.4 is 5.73 Å². The van der Waals surface area contributed by atoms with Gasteiger partial charge in [-0.3, -0.25) is 4.79 Å². The average molecular weight is 169 g/mol. The van der Waals surface area contributed by atoms with Crippen LogP contribution in [0.25, 0.3) is 0 Å². The molecule has 5 nitrogen and oxygen atoms in total. The van der Waals surface area contributed by atoms with Crippen LogP contribution in [-0.4, -0.2) is 20.6 Å². The molecular weight excluding hydrogens is 158 g/mol. The molecule has 0 radical (unpaired) electrons. The van der Waals surface area contributed by atoms with Crippen LogP contribution in [0.3, 0.4) is 0 Å². The number of carbonyl (C=O) groups is 1. The quantitative estimate of drug-likeness (QED) is 0.630. The Morgan fingerprint density at radius 3 is 2.67 bits per heavy atom.